The minimum atomic E-state index is -3.59. The molecule has 0 aromatic carbocycles. The summed E-state index contributed by atoms with van der Waals surface area (Å²) in [7, 11) is -3.59. The lowest BCUT2D eigenvalue weighted by Crippen LogP contribution is -2.45. The van der Waals surface area contributed by atoms with Gasteiger partial charge in [-0.05, 0) is 26.0 Å². The quantitative estimate of drug-likeness (QED) is 0.719. The second-order valence-electron chi connectivity index (χ2n) is 4.90. The molecule has 108 valence electrons. The fourth-order valence-corrected chi connectivity index (χ4v) is 4.55. The van der Waals surface area contributed by atoms with Crippen molar-refractivity contribution in [2.45, 2.75) is 42.5 Å². The standard InChI is InChI=1S/C11H20N4O2S2/c1-8-9(6-12)10(15-14-8)19(16,17)13-7-11(18-2)4-3-5-11/h13H,3-7,12H2,1-2H3,(H,14,15). The van der Waals surface area contributed by atoms with Crippen LogP contribution in [0.2, 0.25) is 0 Å². The largest absolute Gasteiger partial charge is 0.326 e. The first kappa shape index (κ1) is 14.8. The van der Waals surface area contributed by atoms with Crippen molar-refractivity contribution in [2.75, 3.05) is 12.8 Å². The zero-order valence-corrected chi connectivity index (χ0v) is 12.8. The number of hydrogen-bond donors (Lipinski definition) is 3. The highest BCUT2D eigenvalue weighted by atomic mass is 32.2. The zero-order chi connectivity index (χ0) is 14.1. The molecule has 1 saturated carbocycles. The molecular formula is C11H20N4O2S2. The van der Waals surface area contributed by atoms with Crippen LogP contribution in [0, 0.1) is 6.92 Å². The number of nitrogens with zero attached hydrogens (tertiary/aromatic N) is 1. The Bertz CT molecular complexity index is 544. The number of thioether (sulfide) groups is 1. The third kappa shape index (κ3) is 2.81. The van der Waals surface area contributed by atoms with Crippen molar-refractivity contribution >= 4 is 21.8 Å². The number of aromatic nitrogens is 2. The highest BCUT2D eigenvalue weighted by molar-refractivity contribution is 8.00. The number of nitrogens with two attached hydrogens (primary N) is 1. The van der Waals surface area contributed by atoms with Gasteiger partial charge in [-0.2, -0.15) is 16.9 Å². The molecule has 0 saturated heterocycles. The number of nitrogens with one attached hydrogen (secondary N) is 2. The van der Waals surface area contributed by atoms with E-state index in [0.29, 0.717) is 17.8 Å². The van der Waals surface area contributed by atoms with Crippen LogP contribution in [-0.4, -0.2) is 36.2 Å². The summed E-state index contributed by atoms with van der Waals surface area (Å²) < 4.78 is 27.3. The predicted molar refractivity (Wildman–Crippen MR) is 76.5 cm³/mol. The van der Waals surface area contributed by atoms with Crippen molar-refractivity contribution in [3.63, 3.8) is 0 Å². The molecule has 1 heterocycles. The molecule has 0 bridgehead atoms. The minimum absolute atomic E-state index is 0.0306. The lowest BCUT2D eigenvalue weighted by Gasteiger charge is -2.40. The Morgan fingerprint density at radius 1 is 1.53 bits per heavy atom. The van der Waals surface area contributed by atoms with E-state index in [2.05, 4.69) is 14.9 Å². The van der Waals surface area contributed by atoms with E-state index in [-0.39, 0.29) is 16.3 Å². The Morgan fingerprint density at radius 3 is 2.68 bits per heavy atom. The van der Waals surface area contributed by atoms with Crippen molar-refractivity contribution in [1.82, 2.24) is 14.9 Å². The van der Waals surface area contributed by atoms with E-state index in [1.165, 1.54) is 0 Å². The molecule has 0 radical (unpaired) electrons. The van der Waals surface area contributed by atoms with Crippen LogP contribution in [-0.2, 0) is 16.6 Å². The summed E-state index contributed by atoms with van der Waals surface area (Å²) in [6, 6.07) is 0. The number of hydrogen-bond acceptors (Lipinski definition) is 5. The van der Waals surface area contributed by atoms with Gasteiger partial charge in [-0.25, -0.2) is 13.1 Å². The van der Waals surface area contributed by atoms with Crippen LogP contribution in [0.3, 0.4) is 0 Å². The van der Waals surface area contributed by atoms with Crippen molar-refractivity contribution < 1.29 is 8.42 Å². The number of H-pyrrole nitrogens is 1. The molecule has 1 fully saturated rings. The predicted octanol–water partition coefficient (Wildman–Crippen LogP) is 0.741. The van der Waals surface area contributed by atoms with E-state index < -0.39 is 10.0 Å². The van der Waals surface area contributed by atoms with E-state index in [1.54, 1.807) is 18.7 Å². The number of aryl methyl sites for hydroxylation is 1. The van der Waals surface area contributed by atoms with Gasteiger partial charge in [0, 0.05) is 29.1 Å². The van der Waals surface area contributed by atoms with E-state index >= 15 is 0 Å². The lowest BCUT2D eigenvalue weighted by atomic mass is 9.84. The van der Waals surface area contributed by atoms with Gasteiger partial charge < -0.3 is 5.73 Å². The Balaban J connectivity index is 2.14. The van der Waals surface area contributed by atoms with Crippen molar-refractivity contribution in [2.24, 2.45) is 5.73 Å². The number of sulfonamides is 1. The summed E-state index contributed by atoms with van der Waals surface area (Å²) in [5, 5.41) is 6.58. The molecule has 1 aromatic heterocycles. The molecule has 0 atom stereocenters. The average molecular weight is 304 g/mol. The zero-order valence-electron chi connectivity index (χ0n) is 11.2. The van der Waals surface area contributed by atoms with Crippen molar-refractivity contribution in [1.29, 1.82) is 0 Å². The summed E-state index contributed by atoms with van der Waals surface area (Å²) in [5.41, 5.74) is 6.84. The highest BCUT2D eigenvalue weighted by Gasteiger charge is 2.37. The summed E-state index contributed by atoms with van der Waals surface area (Å²) in [5.74, 6) is 0. The molecular weight excluding hydrogens is 284 g/mol. The Morgan fingerprint density at radius 2 is 2.21 bits per heavy atom. The fraction of sp³-hybridized carbons (Fsp3) is 0.727. The van der Waals surface area contributed by atoms with Crippen molar-refractivity contribution in [3.8, 4) is 0 Å². The molecule has 1 aliphatic carbocycles. The van der Waals surface area contributed by atoms with Gasteiger partial charge >= 0.3 is 0 Å². The number of rotatable bonds is 6. The second kappa shape index (κ2) is 5.43. The van der Waals surface area contributed by atoms with Crippen LogP contribution in [0.5, 0.6) is 0 Å². The molecule has 0 aliphatic heterocycles. The Hall–Kier alpha value is -0.570. The SMILES string of the molecule is CSC1(CNS(=O)(=O)c2n[nH]c(C)c2CN)CCC1. The first-order chi connectivity index (χ1) is 8.94. The molecule has 0 amide bonds. The normalized spacial score (nSPS) is 18.3. The minimum Gasteiger partial charge on any atom is -0.326 e. The van der Waals surface area contributed by atoms with Crippen LogP contribution >= 0.6 is 11.8 Å². The Kier molecular flexibility index (Phi) is 4.24. The molecule has 4 N–H and O–H groups in total. The van der Waals surface area contributed by atoms with Crippen LogP contribution < -0.4 is 10.5 Å². The summed E-state index contributed by atoms with van der Waals surface area (Å²) in [6.07, 6.45) is 5.30. The van der Waals surface area contributed by atoms with Gasteiger partial charge in [-0.15, -0.1) is 0 Å². The molecule has 8 heteroatoms. The van der Waals surface area contributed by atoms with Crippen molar-refractivity contribution in [3.05, 3.63) is 11.3 Å². The lowest BCUT2D eigenvalue weighted by molar-refractivity contribution is 0.361. The molecule has 19 heavy (non-hydrogen) atoms. The van der Waals surface area contributed by atoms with E-state index in [4.69, 9.17) is 5.73 Å². The van der Waals surface area contributed by atoms with Gasteiger partial charge in [0.25, 0.3) is 10.0 Å². The van der Waals surface area contributed by atoms with Gasteiger partial charge in [-0.3, -0.25) is 5.10 Å². The van der Waals surface area contributed by atoms with Crippen LogP contribution in [0.4, 0.5) is 0 Å². The van der Waals surface area contributed by atoms with E-state index in [9.17, 15) is 8.42 Å². The summed E-state index contributed by atoms with van der Waals surface area (Å²) >= 11 is 1.73. The van der Waals surface area contributed by atoms with Gasteiger partial charge in [0.15, 0.2) is 5.03 Å². The smallest absolute Gasteiger partial charge is 0.260 e. The van der Waals surface area contributed by atoms with Crippen LogP contribution in [0.25, 0.3) is 0 Å². The highest BCUT2D eigenvalue weighted by Crippen LogP contribution is 2.42. The molecule has 0 spiro atoms. The Labute approximate surface area is 118 Å². The average Bonchev–Trinajstić information content (AvgIpc) is 2.70. The maximum Gasteiger partial charge on any atom is 0.260 e. The maximum atomic E-state index is 12.3. The van der Waals surface area contributed by atoms with Crippen LogP contribution in [0.1, 0.15) is 30.5 Å². The molecule has 2 rings (SSSR count). The van der Waals surface area contributed by atoms with Crippen LogP contribution in [0.15, 0.2) is 5.03 Å². The van der Waals surface area contributed by atoms with Gasteiger partial charge in [-0.1, -0.05) is 6.42 Å². The third-order valence-electron chi connectivity index (χ3n) is 3.78. The third-order valence-corrected chi connectivity index (χ3v) is 6.57. The number of aromatic amines is 1. The van der Waals surface area contributed by atoms with Gasteiger partial charge in [0.2, 0.25) is 0 Å². The molecule has 0 unspecified atom stereocenters. The van der Waals surface area contributed by atoms with E-state index in [1.807, 2.05) is 6.26 Å². The first-order valence-electron chi connectivity index (χ1n) is 6.23. The molecule has 6 nitrogen and oxygen atoms in total. The topological polar surface area (TPSA) is 101 Å². The second-order valence-corrected chi connectivity index (χ2v) is 7.86. The van der Waals surface area contributed by atoms with E-state index in [0.717, 1.165) is 19.3 Å². The fourth-order valence-electron chi connectivity index (χ4n) is 2.21. The van der Waals surface area contributed by atoms with Gasteiger partial charge in [0.1, 0.15) is 0 Å². The molecule has 1 aliphatic rings. The first-order valence-corrected chi connectivity index (χ1v) is 8.94. The van der Waals surface area contributed by atoms with Gasteiger partial charge in [0.05, 0.1) is 0 Å². The summed E-state index contributed by atoms with van der Waals surface area (Å²) in [4.78, 5) is 0. The maximum absolute atomic E-state index is 12.3. The monoisotopic (exact) mass is 304 g/mol. The summed E-state index contributed by atoms with van der Waals surface area (Å²) in [6.45, 7) is 2.38. The molecule has 1 aromatic rings.